The van der Waals surface area contributed by atoms with Crippen LogP contribution in [0.3, 0.4) is 0 Å². The van der Waals surface area contributed by atoms with Gasteiger partial charge in [-0.2, -0.15) is 0 Å². The van der Waals surface area contributed by atoms with Gasteiger partial charge in [-0.3, -0.25) is 0 Å². The molecule has 1 N–H and O–H groups in total. The van der Waals surface area contributed by atoms with Gasteiger partial charge < -0.3 is 10.0 Å². The molecule has 17 heavy (non-hydrogen) atoms. The zero-order chi connectivity index (χ0) is 12.9. The lowest BCUT2D eigenvalue weighted by Gasteiger charge is -2.35. The molecule has 0 atom stereocenters. The maximum Gasteiger partial charge on any atom is 0.0448 e. The van der Waals surface area contributed by atoms with Crippen LogP contribution in [0.4, 0.5) is 0 Å². The van der Waals surface area contributed by atoms with Gasteiger partial charge in [0.15, 0.2) is 0 Å². The van der Waals surface area contributed by atoms with Gasteiger partial charge in [-0.15, -0.1) is 0 Å². The summed E-state index contributed by atoms with van der Waals surface area (Å²) >= 11 is 3.44. The second kappa shape index (κ2) is 6.53. The molecule has 0 aromatic heterocycles. The minimum atomic E-state index is 0.0596. The second-order valence-corrected chi connectivity index (χ2v) is 6.00. The van der Waals surface area contributed by atoms with Crippen molar-refractivity contribution in [2.24, 2.45) is 0 Å². The lowest BCUT2D eigenvalue weighted by molar-refractivity contribution is 0.118. The predicted molar refractivity (Wildman–Crippen MR) is 76.3 cm³/mol. The smallest absolute Gasteiger partial charge is 0.0448 e. The molecule has 0 saturated carbocycles. The standard InChI is InChI=1S/C14H22BrNO/c1-14(2,9-11-17)16(3)10-8-12-4-6-13(15)7-5-12/h4-7,17H,8-11H2,1-3H3. The van der Waals surface area contributed by atoms with Crippen LogP contribution in [0.5, 0.6) is 0 Å². The van der Waals surface area contributed by atoms with Gasteiger partial charge in [0.2, 0.25) is 0 Å². The van der Waals surface area contributed by atoms with E-state index >= 15 is 0 Å². The van der Waals surface area contributed by atoms with Crippen molar-refractivity contribution < 1.29 is 5.11 Å². The monoisotopic (exact) mass is 299 g/mol. The van der Waals surface area contributed by atoms with Crippen molar-refractivity contribution >= 4 is 15.9 Å². The van der Waals surface area contributed by atoms with Gasteiger partial charge in [0, 0.05) is 23.2 Å². The fraction of sp³-hybridized carbons (Fsp3) is 0.571. The Balaban J connectivity index is 2.47. The van der Waals surface area contributed by atoms with Gasteiger partial charge in [0.05, 0.1) is 0 Å². The predicted octanol–water partition coefficient (Wildman–Crippen LogP) is 3.08. The van der Waals surface area contributed by atoms with Crippen LogP contribution in [0.15, 0.2) is 28.7 Å². The molecular formula is C14H22BrNO. The van der Waals surface area contributed by atoms with Crippen molar-refractivity contribution in [2.45, 2.75) is 32.2 Å². The van der Waals surface area contributed by atoms with Crippen LogP contribution < -0.4 is 0 Å². The zero-order valence-corrected chi connectivity index (χ0v) is 12.5. The third-order valence-corrected chi connectivity index (χ3v) is 3.93. The Labute approximate surface area is 113 Å². The van der Waals surface area contributed by atoms with Gasteiger partial charge >= 0.3 is 0 Å². The fourth-order valence-corrected chi connectivity index (χ4v) is 1.98. The van der Waals surface area contributed by atoms with Crippen molar-refractivity contribution in [1.29, 1.82) is 0 Å². The molecule has 1 aromatic rings. The fourth-order valence-electron chi connectivity index (χ4n) is 1.72. The van der Waals surface area contributed by atoms with E-state index in [1.165, 1.54) is 5.56 Å². The van der Waals surface area contributed by atoms with E-state index in [0.29, 0.717) is 0 Å². The average Bonchev–Trinajstić information content (AvgIpc) is 2.27. The van der Waals surface area contributed by atoms with Crippen LogP contribution in [0.2, 0.25) is 0 Å². The summed E-state index contributed by atoms with van der Waals surface area (Å²) in [6.07, 6.45) is 1.85. The molecule has 0 bridgehead atoms. The lowest BCUT2D eigenvalue weighted by atomic mass is 9.98. The van der Waals surface area contributed by atoms with Crippen molar-refractivity contribution in [2.75, 3.05) is 20.2 Å². The Kier molecular flexibility index (Phi) is 5.63. The highest BCUT2D eigenvalue weighted by Crippen LogP contribution is 2.17. The normalized spacial score (nSPS) is 12.1. The number of hydrogen-bond acceptors (Lipinski definition) is 2. The molecule has 0 radical (unpaired) electrons. The number of aliphatic hydroxyl groups excluding tert-OH is 1. The zero-order valence-electron chi connectivity index (χ0n) is 10.9. The van der Waals surface area contributed by atoms with E-state index in [1.54, 1.807) is 0 Å². The number of benzene rings is 1. The highest BCUT2D eigenvalue weighted by molar-refractivity contribution is 9.10. The summed E-state index contributed by atoms with van der Waals surface area (Å²) in [4.78, 5) is 2.31. The van der Waals surface area contributed by atoms with Crippen LogP contribution in [0.1, 0.15) is 25.8 Å². The molecule has 2 nitrogen and oxygen atoms in total. The molecule has 0 aliphatic heterocycles. The number of rotatable bonds is 6. The SMILES string of the molecule is CN(CCc1ccc(Br)cc1)C(C)(C)CCO. The first kappa shape index (κ1) is 14.7. The largest absolute Gasteiger partial charge is 0.396 e. The molecule has 0 fully saturated rings. The minimum absolute atomic E-state index is 0.0596. The molecule has 0 aliphatic carbocycles. The third kappa shape index (κ3) is 4.78. The lowest BCUT2D eigenvalue weighted by Crippen LogP contribution is -2.42. The van der Waals surface area contributed by atoms with Crippen molar-refractivity contribution in [3.05, 3.63) is 34.3 Å². The number of likely N-dealkylation sites (N-methyl/N-ethyl adjacent to an activating group) is 1. The molecule has 96 valence electrons. The number of hydrogen-bond donors (Lipinski definition) is 1. The molecule has 0 unspecified atom stereocenters. The van der Waals surface area contributed by atoms with Gasteiger partial charge in [-0.25, -0.2) is 0 Å². The third-order valence-electron chi connectivity index (χ3n) is 3.41. The van der Waals surface area contributed by atoms with Gasteiger partial charge in [0.1, 0.15) is 0 Å². The topological polar surface area (TPSA) is 23.5 Å². The first-order valence-electron chi connectivity index (χ1n) is 6.02. The molecule has 0 amide bonds. The molecule has 3 heteroatoms. The van der Waals surface area contributed by atoms with E-state index in [0.717, 1.165) is 23.9 Å². The summed E-state index contributed by atoms with van der Waals surface area (Å²) in [7, 11) is 2.12. The molecule has 0 heterocycles. The highest BCUT2D eigenvalue weighted by Gasteiger charge is 2.22. The van der Waals surface area contributed by atoms with E-state index in [1.807, 2.05) is 0 Å². The van der Waals surface area contributed by atoms with Gasteiger partial charge in [0.25, 0.3) is 0 Å². The van der Waals surface area contributed by atoms with Crippen LogP contribution in [0, 0.1) is 0 Å². The molecule has 1 rings (SSSR count). The maximum atomic E-state index is 9.03. The van der Waals surface area contributed by atoms with Gasteiger partial charge in [-0.05, 0) is 51.4 Å². The number of halogens is 1. The maximum absolute atomic E-state index is 9.03. The molecule has 1 aromatic carbocycles. The summed E-state index contributed by atoms with van der Waals surface area (Å²) in [6.45, 7) is 5.60. The first-order chi connectivity index (χ1) is 7.95. The Morgan fingerprint density at radius 1 is 1.24 bits per heavy atom. The summed E-state index contributed by atoms with van der Waals surface area (Å²) in [5.41, 5.74) is 1.41. The van der Waals surface area contributed by atoms with E-state index in [-0.39, 0.29) is 12.1 Å². The van der Waals surface area contributed by atoms with Crippen LogP contribution >= 0.6 is 15.9 Å². The second-order valence-electron chi connectivity index (χ2n) is 5.08. The van der Waals surface area contributed by atoms with Crippen LogP contribution in [-0.4, -0.2) is 35.7 Å². The molecular weight excluding hydrogens is 278 g/mol. The van der Waals surface area contributed by atoms with Crippen molar-refractivity contribution in [1.82, 2.24) is 4.90 Å². The molecule has 0 spiro atoms. The summed E-state index contributed by atoms with van der Waals surface area (Å²) in [6, 6.07) is 8.45. The van der Waals surface area contributed by atoms with E-state index in [9.17, 15) is 0 Å². The van der Waals surface area contributed by atoms with Crippen LogP contribution in [0.25, 0.3) is 0 Å². The Morgan fingerprint density at radius 3 is 2.35 bits per heavy atom. The Bertz CT molecular complexity index is 335. The van der Waals surface area contributed by atoms with E-state index in [2.05, 4.69) is 66.0 Å². The average molecular weight is 300 g/mol. The summed E-state index contributed by atoms with van der Waals surface area (Å²) in [5, 5.41) is 9.03. The quantitative estimate of drug-likeness (QED) is 0.872. The number of aliphatic hydroxyl groups is 1. The van der Waals surface area contributed by atoms with Gasteiger partial charge in [-0.1, -0.05) is 28.1 Å². The first-order valence-corrected chi connectivity index (χ1v) is 6.81. The molecule has 0 aliphatic rings. The Morgan fingerprint density at radius 2 is 1.82 bits per heavy atom. The summed E-state index contributed by atoms with van der Waals surface area (Å²) in [5.74, 6) is 0. The summed E-state index contributed by atoms with van der Waals surface area (Å²) < 4.78 is 1.12. The van der Waals surface area contributed by atoms with E-state index in [4.69, 9.17) is 5.11 Å². The number of nitrogens with zero attached hydrogens (tertiary/aromatic N) is 1. The van der Waals surface area contributed by atoms with E-state index < -0.39 is 0 Å². The minimum Gasteiger partial charge on any atom is -0.396 e. The van der Waals surface area contributed by atoms with Crippen molar-refractivity contribution in [3.8, 4) is 0 Å². The Hall–Kier alpha value is -0.380. The highest BCUT2D eigenvalue weighted by atomic mass is 79.9. The van der Waals surface area contributed by atoms with Crippen LogP contribution in [-0.2, 0) is 6.42 Å². The van der Waals surface area contributed by atoms with Crippen molar-refractivity contribution in [3.63, 3.8) is 0 Å². The molecule has 0 saturated heterocycles.